The predicted octanol–water partition coefficient (Wildman–Crippen LogP) is 9.96. The topological polar surface area (TPSA) is 71.3 Å². The van der Waals surface area contributed by atoms with Gasteiger partial charge in [0.1, 0.15) is 5.82 Å². The number of aromatic nitrogens is 1. The molecule has 0 bridgehead atoms. The van der Waals surface area contributed by atoms with Crippen LogP contribution in [0, 0.1) is 5.82 Å². The molecule has 47 heavy (non-hydrogen) atoms. The maximum atomic E-state index is 14.4. The molecule has 1 aromatic heterocycles. The number of benzene rings is 5. The van der Waals surface area contributed by atoms with E-state index in [0.717, 1.165) is 61.4 Å². The number of carbonyl (C=O) groups excluding carboxylic acids is 1. The monoisotopic (exact) mass is 640 g/mol. The van der Waals surface area contributed by atoms with E-state index in [0.29, 0.717) is 5.56 Å². The van der Waals surface area contributed by atoms with Crippen molar-refractivity contribution in [2.24, 2.45) is 0 Å². The Morgan fingerprint density at radius 3 is 2.04 bits per heavy atom. The fourth-order valence-corrected chi connectivity index (χ4v) is 7.15. The number of nitrogens with one attached hydrogen (secondary N) is 1. The average Bonchev–Trinajstić information content (AvgIpc) is 3.78. The SMILES string of the molecule is CC(C)n1cc(Sc2ccc(-c3ccccc3)cc2)c2c(C(=O)NC3(c4ccc(C(=O)O)cc4)CC3)cc(-c3ccc(F)cc3)cc21. The molecule has 2 N–H and O–H groups in total. The number of fused-ring (bicyclic) bond motifs is 1. The second-order valence-corrected chi connectivity index (χ2v) is 13.4. The maximum absolute atomic E-state index is 14.4. The van der Waals surface area contributed by atoms with Crippen LogP contribution in [-0.2, 0) is 5.54 Å². The molecule has 234 valence electrons. The van der Waals surface area contributed by atoms with Crippen LogP contribution in [0.1, 0.15) is 59.0 Å². The van der Waals surface area contributed by atoms with Crippen LogP contribution in [0.15, 0.2) is 131 Å². The van der Waals surface area contributed by atoms with Crippen molar-refractivity contribution in [1.82, 2.24) is 9.88 Å². The molecule has 5 nitrogen and oxygen atoms in total. The molecule has 1 aliphatic carbocycles. The molecule has 1 amide bonds. The number of amides is 1. The van der Waals surface area contributed by atoms with Gasteiger partial charge in [-0.15, -0.1) is 0 Å². The highest BCUT2D eigenvalue weighted by atomic mass is 32.2. The van der Waals surface area contributed by atoms with E-state index in [-0.39, 0.29) is 23.3 Å². The maximum Gasteiger partial charge on any atom is 0.335 e. The van der Waals surface area contributed by atoms with Gasteiger partial charge in [-0.05, 0) is 103 Å². The van der Waals surface area contributed by atoms with Crippen LogP contribution in [0.25, 0.3) is 33.2 Å². The molecule has 6 aromatic rings. The Hall–Kier alpha value is -5.14. The van der Waals surface area contributed by atoms with Crippen LogP contribution in [0.3, 0.4) is 0 Å². The quantitative estimate of drug-likeness (QED) is 0.165. The Balaban J connectivity index is 1.32. The molecule has 0 unspecified atom stereocenters. The average molecular weight is 641 g/mol. The molecule has 1 fully saturated rings. The van der Waals surface area contributed by atoms with Crippen LogP contribution in [-0.4, -0.2) is 21.6 Å². The van der Waals surface area contributed by atoms with E-state index in [2.05, 4.69) is 72.4 Å². The number of hydrogen-bond acceptors (Lipinski definition) is 3. The summed E-state index contributed by atoms with van der Waals surface area (Å²) in [5, 5.41) is 13.5. The number of rotatable bonds is 9. The van der Waals surface area contributed by atoms with Gasteiger partial charge >= 0.3 is 5.97 Å². The minimum Gasteiger partial charge on any atom is -0.478 e. The minimum atomic E-state index is -0.986. The first kappa shape index (κ1) is 30.5. The Labute approximate surface area is 277 Å². The first-order chi connectivity index (χ1) is 22.7. The van der Waals surface area contributed by atoms with Crippen molar-refractivity contribution in [1.29, 1.82) is 0 Å². The van der Waals surface area contributed by atoms with Crippen molar-refractivity contribution in [2.45, 2.75) is 48.1 Å². The second kappa shape index (κ2) is 12.2. The standard InChI is InChI=1S/C40H33FN2O3S/c1-25(2)43-24-36(47-33-18-12-27(13-19-33)26-6-4-3-5-7-26)37-34(22-30(23-35(37)43)28-10-16-32(41)17-11-28)38(44)42-40(20-21-40)31-14-8-29(9-15-31)39(45)46/h3-19,22-25H,20-21H2,1-2H3,(H,42,44)(H,45,46). The van der Waals surface area contributed by atoms with Crippen molar-refractivity contribution in [3.8, 4) is 22.3 Å². The number of carboxylic acids is 1. The van der Waals surface area contributed by atoms with E-state index in [1.54, 1.807) is 48.2 Å². The molecule has 0 aliphatic heterocycles. The van der Waals surface area contributed by atoms with Gasteiger partial charge in [-0.2, -0.15) is 0 Å². The lowest BCUT2D eigenvalue weighted by molar-refractivity contribution is 0.0696. The smallest absolute Gasteiger partial charge is 0.335 e. The molecule has 1 saturated carbocycles. The summed E-state index contributed by atoms with van der Waals surface area (Å²) in [6.45, 7) is 4.24. The Kier molecular flexibility index (Phi) is 7.94. The Bertz CT molecular complexity index is 2100. The van der Waals surface area contributed by atoms with E-state index >= 15 is 0 Å². The highest BCUT2D eigenvalue weighted by Crippen LogP contribution is 2.47. The molecular formula is C40H33FN2O3S. The zero-order chi connectivity index (χ0) is 32.7. The number of halogens is 1. The molecular weight excluding hydrogens is 608 g/mol. The van der Waals surface area contributed by atoms with E-state index in [4.69, 9.17) is 0 Å². The Morgan fingerprint density at radius 1 is 0.809 bits per heavy atom. The normalized spacial score (nSPS) is 13.5. The van der Waals surface area contributed by atoms with E-state index in [9.17, 15) is 19.1 Å². The summed E-state index contributed by atoms with van der Waals surface area (Å²) >= 11 is 1.62. The van der Waals surface area contributed by atoms with Crippen molar-refractivity contribution < 1.29 is 19.1 Å². The molecule has 0 spiro atoms. The van der Waals surface area contributed by atoms with E-state index in [1.807, 2.05) is 24.3 Å². The largest absolute Gasteiger partial charge is 0.478 e. The highest BCUT2D eigenvalue weighted by molar-refractivity contribution is 7.99. The van der Waals surface area contributed by atoms with Crippen LogP contribution in [0.2, 0.25) is 0 Å². The lowest BCUT2D eigenvalue weighted by Crippen LogP contribution is -2.35. The second-order valence-electron chi connectivity index (χ2n) is 12.3. The molecule has 7 heteroatoms. The summed E-state index contributed by atoms with van der Waals surface area (Å²) < 4.78 is 16.1. The number of nitrogens with zero attached hydrogens (tertiary/aromatic N) is 1. The zero-order valence-corrected chi connectivity index (χ0v) is 26.9. The summed E-state index contributed by atoms with van der Waals surface area (Å²) in [4.78, 5) is 27.9. The zero-order valence-electron chi connectivity index (χ0n) is 26.0. The summed E-state index contributed by atoms with van der Waals surface area (Å²) in [5.74, 6) is -1.51. The lowest BCUT2D eigenvalue weighted by atomic mass is 9.98. The van der Waals surface area contributed by atoms with Crippen molar-refractivity contribution in [3.05, 3.63) is 144 Å². The van der Waals surface area contributed by atoms with Gasteiger partial charge in [-0.25, -0.2) is 9.18 Å². The number of carboxylic acid groups (broad SMARTS) is 1. The first-order valence-corrected chi connectivity index (χ1v) is 16.5. The predicted molar refractivity (Wildman–Crippen MR) is 185 cm³/mol. The van der Waals surface area contributed by atoms with Gasteiger partial charge < -0.3 is 15.0 Å². The summed E-state index contributed by atoms with van der Waals surface area (Å²) in [6, 6.07) is 35.9. The van der Waals surface area contributed by atoms with Crippen molar-refractivity contribution in [2.75, 3.05) is 0 Å². The van der Waals surface area contributed by atoms with Gasteiger partial charge in [-0.3, -0.25) is 4.79 Å². The third kappa shape index (κ3) is 6.07. The molecule has 0 atom stereocenters. The first-order valence-electron chi connectivity index (χ1n) is 15.6. The van der Waals surface area contributed by atoms with Crippen molar-refractivity contribution >= 4 is 34.5 Å². The fourth-order valence-electron chi connectivity index (χ4n) is 6.14. The van der Waals surface area contributed by atoms with Gasteiger partial charge in [0.25, 0.3) is 5.91 Å². The molecule has 7 rings (SSSR count). The summed E-state index contributed by atoms with van der Waals surface area (Å²) in [7, 11) is 0. The number of aromatic carboxylic acids is 1. The van der Waals surface area contributed by atoms with Crippen LogP contribution in [0.4, 0.5) is 4.39 Å². The van der Waals surface area contributed by atoms with Gasteiger partial charge in [0, 0.05) is 27.4 Å². The van der Waals surface area contributed by atoms with E-state index in [1.165, 1.54) is 12.1 Å². The summed E-state index contributed by atoms with van der Waals surface area (Å²) in [6.07, 6.45) is 3.64. The van der Waals surface area contributed by atoms with Crippen LogP contribution in [0.5, 0.6) is 0 Å². The van der Waals surface area contributed by atoms with Gasteiger partial charge in [0.15, 0.2) is 0 Å². The number of carbonyl (C=O) groups is 2. The van der Waals surface area contributed by atoms with Gasteiger partial charge in [0.05, 0.1) is 22.2 Å². The van der Waals surface area contributed by atoms with E-state index < -0.39 is 11.5 Å². The molecule has 0 saturated heterocycles. The van der Waals surface area contributed by atoms with Gasteiger partial charge in [-0.1, -0.05) is 78.5 Å². The molecule has 1 heterocycles. The number of hydrogen-bond donors (Lipinski definition) is 2. The molecule has 1 aliphatic rings. The summed E-state index contributed by atoms with van der Waals surface area (Å²) in [5.41, 5.74) is 5.91. The third-order valence-electron chi connectivity index (χ3n) is 8.85. The fraction of sp³-hybridized carbons (Fsp3) is 0.150. The highest BCUT2D eigenvalue weighted by Gasteiger charge is 2.46. The van der Waals surface area contributed by atoms with Crippen LogP contribution >= 0.6 is 11.8 Å². The lowest BCUT2D eigenvalue weighted by Gasteiger charge is -2.20. The van der Waals surface area contributed by atoms with Crippen molar-refractivity contribution in [3.63, 3.8) is 0 Å². The minimum absolute atomic E-state index is 0.120. The molecule has 0 radical (unpaired) electrons. The molecule has 5 aromatic carbocycles. The third-order valence-corrected chi connectivity index (χ3v) is 9.89. The van der Waals surface area contributed by atoms with Crippen LogP contribution < -0.4 is 5.32 Å². The van der Waals surface area contributed by atoms with Gasteiger partial charge in [0.2, 0.25) is 0 Å². The Morgan fingerprint density at radius 2 is 1.43 bits per heavy atom.